The number of carbonyl (C=O) groups is 4. The number of carbonyl (C=O) groups excluding carboxylic acids is 4. The number of hydrogen-bond acceptors (Lipinski definition) is 7. The van der Waals surface area contributed by atoms with Crippen LogP contribution >= 0.6 is 15.9 Å². The smallest absolute Gasteiger partial charge is 0.313 e. The Kier molecular flexibility index (Phi) is 10.6. The van der Waals surface area contributed by atoms with E-state index in [9.17, 15) is 19.5 Å². The first-order valence-corrected chi connectivity index (χ1v) is 18.6. The van der Waals surface area contributed by atoms with Crippen molar-refractivity contribution in [1.82, 2.24) is 9.80 Å². The molecule has 2 saturated heterocycles. The van der Waals surface area contributed by atoms with Crippen molar-refractivity contribution in [2.75, 3.05) is 25.1 Å². The Hall–Kier alpha value is -3.80. The van der Waals surface area contributed by atoms with Gasteiger partial charge in [0.15, 0.2) is 0 Å². The molecule has 0 aromatic heterocycles. The molecule has 51 heavy (non-hydrogen) atoms. The van der Waals surface area contributed by atoms with E-state index in [1.165, 1.54) is 4.90 Å². The van der Waals surface area contributed by atoms with Crippen LogP contribution in [0.25, 0.3) is 0 Å². The maximum Gasteiger partial charge on any atom is 0.313 e. The molecule has 4 aliphatic rings. The fourth-order valence-corrected chi connectivity index (χ4v) is 9.23. The number of aliphatic hydroxyl groups excluding tert-OH is 1. The first kappa shape index (κ1) is 37.0. The lowest BCUT2D eigenvalue weighted by atomic mass is 9.74. The highest BCUT2D eigenvalue weighted by atomic mass is 79.9. The van der Waals surface area contributed by atoms with Crippen molar-refractivity contribution in [3.8, 4) is 0 Å². The topological polar surface area (TPSA) is 117 Å². The van der Waals surface area contributed by atoms with Crippen LogP contribution in [0.3, 0.4) is 0 Å². The standard InChI is InChI=1S/C40H48BrN3O7/c1-23(2)20-28(22-45)44-36-38(48)43(33-24(3)14-13-15-25(33)4)19-12-8-11-18-30(46)42(6)26(5)34(27-16-9-7-10-17-27)50-39(49)31-32(37(44)47)40(36)21-29(41)35(31)51-40/h7-10,12-17,21,23,26,28,31-32,34-36,45H,11,18-20,22H2,1-6H3/b12-8-/t26-,28-,31+,32-,34+,35+,36+,40-/m1/s1. The number of allylic oxidation sites excluding steroid dienone is 1. The highest BCUT2D eigenvalue weighted by molar-refractivity contribution is 9.11. The molecule has 4 aliphatic heterocycles. The molecular weight excluding hydrogens is 714 g/mol. The van der Waals surface area contributed by atoms with Crippen molar-refractivity contribution in [2.24, 2.45) is 17.8 Å². The quantitative estimate of drug-likeness (QED) is 0.310. The Balaban J connectivity index is 1.54. The summed E-state index contributed by atoms with van der Waals surface area (Å²) < 4.78 is 13.7. The van der Waals surface area contributed by atoms with Crippen molar-refractivity contribution < 1.29 is 33.8 Å². The van der Waals surface area contributed by atoms with Crippen molar-refractivity contribution in [1.29, 1.82) is 0 Å². The summed E-state index contributed by atoms with van der Waals surface area (Å²) in [5, 5.41) is 10.8. The van der Waals surface area contributed by atoms with Gasteiger partial charge in [-0.25, -0.2) is 0 Å². The van der Waals surface area contributed by atoms with Crippen LogP contribution in [0, 0.1) is 31.6 Å². The third-order valence-corrected chi connectivity index (χ3v) is 11.7. The molecule has 2 fully saturated rings. The van der Waals surface area contributed by atoms with E-state index in [4.69, 9.17) is 9.47 Å². The first-order chi connectivity index (χ1) is 24.3. The highest BCUT2D eigenvalue weighted by Crippen LogP contribution is 2.59. The summed E-state index contributed by atoms with van der Waals surface area (Å²) in [7, 11) is 1.71. The van der Waals surface area contributed by atoms with Gasteiger partial charge >= 0.3 is 5.97 Å². The van der Waals surface area contributed by atoms with Gasteiger partial charge < -0.3 is 29.3 Å². The summed E-state index contributed by atoms with van der Waals surface area (Å²) in [6.45, 7) is 9.54. The number of cyclic esters (lactones) is 1. The lowest BCUT2D eigenvalue weighted by Gasteiger charge is -2.39. The van der Waals surface area contributed by atoms with E-state index in [0.717, 1.165) is 11.1 Å². The fraction of sp³-hybridized carbons (Fsp3) is 0.500. The van der Waals surface area contributed by atoms with Crippen molar-refractivity contribution in [3.63, 3.8) is 0 Å². The molecule has 5 bridgehead atoms. The van der Waals surface area contributed by atoms with E-state index >= 15 is 4.79 Å². The SMILES string of the molecule is Cc1cccc(C)c1N1C/C=C\CCC(=O)N(C)[C@H](C)[C@@H](c2ccccc2)OC(=O)[C@@H]2[C@H]3O[C@@]4(C=C3Br)[C@H](C1=O)N([C@@H](CO)CC(C)C)C(=O)[C@@H]24. The highest BCUT2D eigenvalue weighted by Gasteiger charge is 2.75. The Bertz CT molecular complexity index is 1720. The van der Waals surface area contributed by atoms with Gasteiger partial charge in [-0.15, -0.1) is 0 Å². The van der Waals surface area contributed by atoms with E-state index < -0.39 is 59.6 Å². The second kappa shape index (κ2) is 14.7. The molecule has 1 N–H and O–H groups in total. The summed E-state index contributed by atoms with van der Waals surface area (Å²) in [6, 6.07) is 12.7. The first-order valence-electron chi connectivity index (χ1n) is 17.8. The maximum atomic E-state index is 15.4. The van der Waals surface area contributed by atoms with E-state index in [1.807, 2.05) is 95.3 Å². The summed E-state index contributed by atoms with van der Waals surface area (Å²) in [5.41, 5.74) is 1.67. The lowest BCUT2D eigenvalue weighted by molar-refractivity contribution is -0.164. The molecule has 11 heteroatoms. The molecule has 0 saturated carbocycles. The zero-order valence-corrected chi connectivity index (χ0v) is 31.7. The molecule has 0 unspecified atom stereocenters. The predicted molar refractivity (Wildman–Crippen MR) is 197 cm³/mol. The number of para-hydroxylation sites is 1. The number of halogens is 1. The molecule has 272 valence electrons. The van der Waals surface area contributed by atoms with E-state index in [0.29, 0.717) is 28.6 Å². The summed E-state index contributed by atoms with van der Waals surface area (Å²) >= 11 is 3.64. The number of aryl methyl sites for hydroxylation is 2. The van der Waals surface area contributed by atoms with Gasteiger partial charge in [0.2, 0.25) is 11.8 Å². The molecule has 0 radical (unpaired) electrons. The largest absolute Gasteiger partial charge is 0.455 e. The van der Waals surface area contributed by atoms with Crippen LogP contribution in [0.5, 0.6) is 0 Å². The molecule has 3 amide bonds. The van der Waals surface area contributed by atoms with E-state index in [2.05, 4.69) is 15.9 Å². The summed E-state index contributed by atoms with van der Waals surface area (Å²) in [5.74, 6) is -3.64. The molecule has 2 aromatic carbocycles. The van der Waals surface area contributed by atoms with Crippen LogP contribution in [-0.4, -0.2) is 88.6 Å². The van der Waals surface area contributed by atoms with Crippen molar-refractivity contribution >= 4 is 45.3 Å². The molecular formula is C40H48BrN3O7. The number of rotatable bonds is 6. The van der Waals surface area contributed by atoms with Gasteiger partial charge in [-0.1, -0.05) is 90.5 Å². The number of hydrogen-bond donors (Lipinski definition) is 1. The van der Waals surface area contributed by atoms with Crippen LogP contribution < -0.4 is 4.90 Å². The normalized spacial score (nSPS) is 31.2. The number of anilines is 1. The molecule has 2 aromatic rings. The number of likely N-dealkylation sites (tertiary alicyclic amines) is 1. The zero-order valence-electron chi connectivity index (χ0n) is 30.1. The van der Waals surface area contributed by atoms with Gasteiger partial charge in [-0.2, -0.15) is 0 Å². The number of benzene rings is 2. The van der Waals surface area contributed by atoms with Crippen LogP contribution in [0.4, 0.5) is 5.69 Å². The number of ether oxygens (including phenoxy) is 2. The van der Waals surface area contributed by atoms with Crippen molar-refractivity contribution in [2.45, 2.75) is 89.8 Å². The molecule has 4 heterocycles. The number of esters is 1. The Morgan fingerprint density at radius 2 is 1.65 bits per heavy atom. The molecule has 1 spiro atoms. The third-order valence-electron chi connectivity index (χ3n) is 11.0. The molecule has 8 atom stereocenters. The molecule has 6 rings (SSSR count). The average molecular weight is 763 g/mol. The third kappa shape index (κ3) is 6.46. The fourth-order valence-electron chi connectivity index (χ4n) is 8.49. The van der Waals surface area contributed by atoms with E-state index in [1.54, 1.807) is 22.9 Å². The number of amides is 3. The minimum absolute atomic E-state index is 0.0972. The van der Waals surface area contributed by atoms with Crippen LogP contribution in [-0.2, 0) is 28.7 Å². The monoisotopic (exact) mass is 761 g/mol. The van der Waals surface area contributed by atoms with Gasteiger partial charge in [0.25, 0.3) is 5.91 Å². The Morgan fingerprint density at radius 1 is 0.961 bits per heavy atom. The summed E-state index contributed by atoms with van der Waals surface area (Å²) in [4.78, 5) is 63.2. The van der Waals surface area contributed by atoms with Gasteiger partial charge in [0.1, 0.15) is 29.8 Å². The molecule has 10 nitrogen and oxygen atoms in total. The van der Waals surface area contributed by atoms with Crippen molar-refractivity contribution in [3.05, 3.63) is 87.9 Å². The van der Waals surface area contributed by atoms with Crippen LogP contribution in [0.15, 0.2) is 71.2 Å². The minimum atomic E-state index is -1.50. The Morgan fingerprint density at radius 3 is 2.29 bits per heavy atom. The van der Waals surface area contributed by atoms with Gasteiger partial charge in [0, 0.05) is 30.2 Å². The number of aliphatic hydroxyl groups is 1. The number of nitrogens with zero attached hydrogens (tertiary/aromatic N) is 3. The minimum Gasteiger partial charge on any atom is -0.455 e. The maximum absolute atomic E-state index is 15.4. The zero-order chi connectivity index (χ0) is 36.8. The van der Waals surface area contributed by atoms with Gasteiger partial charge in [-0.05, 0) is 62.3 Å². The predicted octanol–water partition coefficient (Wildman–Crippen LogP) is 5.40. The second-order valence-corrected chi connectivity index (χ2v) is 15.7. The second-order valence-electron chi connectivity index (χ2n) is 14.8. The van der Waals surface area contributed by atoms with Gasteiger partial charge in [-0.3, -0.25) is 19.2 Å². The number of fused-ring (bicyclic) bond motifs is 2. The van der Waals surface area contributed by atoms with Crippen LogP contribution in [0.1, 0.15) is 62.8 Å². The van der Waals surface area contributed by atoms with Crippen LogP contribution in [0.2, 0.25) is 0 Å². The average Bonchev–Trinajstić information content (AvgIpc) is 3.70. The number of likely N-dealkylation sites (N-methyl/N-ethyl adjacent to an activating group) is 1. The lowest BCUT2D eigenvalue weighted by Crippen LogP contribution is -2.59. The Labute approximate surface area is 308 Å². The molecule has 0 aliphatic carbocycles. The van der Waals surface area contributed by atoms with E-state index in [-0.39, 0.29) is 37.3 Å². The summed E-state index contributed by atoms with van der Waals surface area (Å²) in [6.07, 6.45) is 4.96. The van der Waals surface area contributed by atoms with Gasteiger partial charge in [0.05, 0.1) is 24.6 Å².